The molecule has 2 rings (SSSR count). The molecule has 0 saturated carbocycles. The van der Waals surface area contributed by atoms with E-state index in [0.717, 1.165) is 5.06 Å². The number of nitrogens with zero attached hydrogens (tertiary/aromatic N) is 2. The second-order valence-electron chi connectivity index (χ2n) is 4.61. The molecule has 0 fully saturated rings. The van der Waals surface area contributed by atoms with Gasteiger partial charge in [-0.25, -0.2) is 8.42 Å². The van der Waals surface area contributed by atoms with Crippen LogP contribution in [0.25, 0.3) is 0 Å². The van der Waals surface area contributed by atoms with Crippen LogP contribution in [-0.2, 0) is 24.3 Å². The van der Waals surface area contributed by atoms with Crippen LogP contribution in [0.15, 0.2) is 40.4 Å². The van der Waals surface area contributed by atoms with Gasteiger partial charge >= 0.3 is 5.97 Å². The van der Waals surface area contributed by atoms with Gasteiger partial charge in [-0.15, -0.1) is 0 Å². The zero-order chi connectivity index (χ0) is 16.2. The van der Waals surface area contributed by atoms with Gasteiger partial charge in [0.25, 0.3) is 5.90 Å². The van der Waals surface area contributed by atoms with Gasteiger partial charge in [-0.2, -0.15) is 0 Å². The molecule has 0 bridgehead atoms. The highest BCUT2D eigenvalue weighted by molar-refractivity contribution is 7.92. The molecular weight excluding hydrogens is 312 g/mol. The number of oxime groups is 1. The van der Waals surface area contributed by atoms with Crippen LogP contribution in [0.5, 0.6) is 0 Å². The van der Waals surface area contributed by atoms with Crippen LogP contribution >= 0.6 is 0 Å². The Morgan fingerprint density at radius 3 is 2.73 bits per heavy atom. The van der Waals surface area contributed by atoms with Crippen molar-refractivity contribution in [3.8, 4) is 0 Å². The van der Waals surface area contributed by atoms with Gasteiger partial charge in [-0.05, 0) is 23.7 Å². The fourth-order valence-corrected chi connectivity index (χ4v) is 3.51. The molecule has 1 atom stereocenters. The van der Waals surface area contributed by atoms with Crippen molar-refractivity contribution in [3.05, 3.63) is 30.3 Å². The molecule has 0 saturated heterocycles. The minimum absolute atomic E-state index is 0.0448. The number of ether oxygens (including phenoxy) is 1. The number of carboxylic acids is 1. The van der Waals surface area contributed by atoms with E-state index < -0.39 is 21.2 Å². The Hall–Kier alpha value is -2.13. The van der Waals surface area contributed by atoms with Crippen molar-refractivity contribution in [3.63, 3.8) is 0 Å². The first-order valence-corrected chi connectivity index (χ1v) is 8.09. The molecular formula is C13H16N2O6S. The zero-order valence-corrected chi connectivity index (χ0v) is 12.7. The third-order valence-electron chi connectivity index (χ3n) is 2.95. The van der Waals surface area contributed by atoms with Crippen LogP contribution in [0.2, 0.25) is 0 Å². The number of benzene rings is 1. The molecule has 120 valence electrons. The number of hydrogen-bond acceptors (Lipinski definition) is 7. The second-order valence-corrected chi connectivity index (χ2v) is 6.62. The van der Waals surface area contributed by atoms with Gasteiger partial charge in [0.15, 0.2) is 0 Å². The predicted octanol–water partition coefficient (Wildman–Crippen LogP) is 0.858. The summed E-state index contributed by atoms with van der Waals surface area (Å²) in [6, 6.07) is 7.90. The summed E-state index contributed by atoms with van der Waals surface area (Å²) >= 11 is 0. The lowest BCUT2D eigenvalue weighted by atomic mass is 10.3. The molecule has 1 aliphatic heterocycles. The van der Waals surface area contributed by atoms with Crippen LogP contribution in [0.4, 0.5) is 0 Å². The summed E-state index contributed by atoms with van der Waals surface area (Å²) in [4.78, 5) is 15.4. The van der Waals surface area contributed by atoms with Gasteiger partial charge in [-0.3, -0.25) is 9.73 Å². The largest absolute Gasteiger partial charge is 0.481 e. The van der Waals surface area contributed by atoms with Crippen molar-refractivity contribution in [2.45, 2.75) is 23.1 Å². The van der Waals surface area contributed by atoms with Crippen LogP contribution in [-0.4, -0.2) is 49.5 Å². The van der Waals surface area contributed by atoms with E-state index >= 15 is 0 Å². The van der Waals surface area contributed by atoms with Gasteiger partial charge in [0, 0.05) is 13.5 Å². The Kier molecular flexibility index (Phi) is 4.99. The summed E-state index contributed by atoms with van der Waals surface area (Å²) in [5.74, 6) is -1.05. The number of hydroxylamine groups is 2. The normalized spacial score (nSPS) is 18.6. The molecule has 1 aliphatic rings. The second kappa shape index (κ2) is 6.75. The lowest BCUT2D eigenvalue weighted by molar-refractivity contribution is -0.137. The SMILES string of the molecule is CN1ON=C(OCCCC(=O)O)C1S(=O)(=O)c1ccccc1. The minimum atomic E-state index is -3.76. The lowest BCUT2D eigenvalue weighted by Crippen LogP contribution is -2.40. The molecule has 1 unspecified atom stereocenters. The first-order chi connectivity index (χ1) is 10.4. The molecule has 0 amide bonds. The van der Waals surface area contributed by atoms with Gasteiger partial charge in [0.2, 0.25) is 15.2 Å². The van der Waals surface area contributed by atoms with Crippen LogP contribution in [0.1, 0.15) is 12.8 Å². The fraction of sp³-hybridized carbons (Fsp3) is 0.385. The maximum Gasteiger partial charge on any atom is 0.303 e. The molecule has 1 heterocycles. The number of carbonyl (C=O) groups is 1. The molecule has 8 nitrogen and oxygen atoms in total. The third-order valence-corrected chi connectivity index (χ3v) is 4.97. The van der Waals surface area contributed by atoms with E-state index in [4.69, 9.17) is 14.8 Å². The highest BCUT2D eigenvalue weighted by Crippen LogP contribution is 2.23. The smallest absolute Gasteiger partial charge is 0.303 e. The van der Waals surface area contributed by atoms with Crippen molar-refractivity contribution >= 4 is 21.7 Å². The molecule has 1 aromatic rings. The number of aliphatic carboxylic acids is 1. The Balaban J connectivity index is 2.11. The summed E-state index contributed by atoms with van der Waals surface area (Å²) in [5, 5.41) is 12.0. The Labute approximate surface area is 127 Å². The highest BCUT2D eigenvalue weighted by Gasteiger charge is 2.43. The van der Waals surface area contributed by atoms with Crippen molar-refractivity contribution in [1.29, 1.82) is 0 Å². The summed E-state index contributed by atoms with van der Waals surface area (Å²) in [6.07, 6.45) is 0.177. The maximum atomic E-state index is 12.6. The molecule has 1 aromatic carbocycles. The standard InChI is InChI=1S/C13H16N2O6S/c1-15-13(22(18,19)10-6-3-2-4-7-10)12(14-21-15)20-9-5-8-11(16)17/h2-4,6-7,13H,5,8-9H2,1H3,(H,16,17). The average Bonchev–Trinajstić information content (AvgIpc) is 2.86. The van der Waals surface area contributed by atoms with Gasteiger partial charge in [0.05, 0.1) is 11.5 Å². The number of rotatable bonds is 6. The summed E-state index contributed by atoms with van der Waals surface area (Å²) < 4.78 is 30.5. The molecule has 0 radical (unpaired) electrons. The van der Waals surface area contributed by atoms with Gasteiger partial charge in [-0.1, -0.05) is 23.3 Å². The third kappa shape index (κ3) is 3.55. The van der Waals surface area contributed by atoms with Crippen LogP contribution < -0.4 is 0 Å². The van der Waals surface area contributed by atoms with Crippen molar-refractivity contribution in [1.82, 2.24) is 5.06 Å². The number of hydrogen-bond donors (Lipinski definition) is 1. The molecule has 22 heavy (non-hydrogen) atoms. The highest BCUT2D eigenvalue weighted by atomic mass is 32.2. The Morgan fingerprint density at radius 2 is 2.09 bits per heavy atom. The average molecular weight is 328 g/mol. The number of likely N-dealkylation sites (N-methyl/N-ethyl adjacent to an activating group) is 1. The lowest BCUT2D eigenvalue weighted by Gasteiger charge is -2.18. The van der Waals surface area contributed by atoms with E-state index in [2.05, 4.69) is 5.16 Å². The molecule has 0 spiro atoms. The van der Waals surface area contributed by atoms with Crippen molar-refractivity contribution in [2.75, 3.05) is 13.7 Å². The van der Waals surface area contributed by atoms with E-state index in [0.29, 0.717) is 0 Å². The Bertz CT molecular complexity index is 658. The summed E-state index contributed by atoms with van der Waals surface area (Å²) in [7, 11) is -2.33. The molecule has 0 aromatic heterocycles. The van der Waals surface area contributed by atoms with Gasteiger partial charge < -0.3 is 9.84 Å². The first-order valence-electron chi connectivity index (χ1n) is 6.54. The van der Waals surface area contributed by atoms with Gasteiger partial charge in [0.1, 0.15) is 0 Å². The topological polar surface area (TPSA) is 106 Å². The van der Waals surface area contributed by atoms with E-state index in [1.54, 1.807) is 18.2 Å². The zero-order valence-electron chi connectivity index (χ0n) is 11.9. The van der Waals surface area contributed by atoms with Crippen LogP contribution in [0.3, 0.4) is 0 Å². The molecule has 1 N–H and O–H groups in total. The van der Waals surface area contributed by atoms with E-state index in [-0.39, 0.29) is 30.2 Å². The quantitative estimate of drug-likeness (QED) is 0.772. The maximum absolute atomic E-state index is 12.6. The predicted molar refractivity (Wildman–Crippen MR) is 76.5 cm³/mol. The number of carboxylic acid groups (broad SMARTS) is 1. The van der Waals surface area contributed by atoms with E-state index in [1.807, 2.05) is 0 Å². The van der Waals surface area contributed by atoms with E-state index in [9.17, 15) is 13.2 Å². The van der Waals surface area contributed by atoms with Crippen LogP contribution in [0, 0.1) is 0 Å². The molecule has 9 heteroatoms. The van der Waals surface area contributed by atoms with Crippen molar-refractivity contribution in [2.24, 2.45) is 5.16 Å². The van der Waals surface area contributed by atoms with E-state index in [1.165, 1.54) is 19.2 Å². The number of sulfone groups is 1. The fourth-order valence-electron chi connectivity index (χ4n) is 1.91. The van der Waals surface area contributed by atoms with Crippen molar-refractivity contribution < 1.29 is 28.0 Å². The molecule has 0 aliphatic carbocycles. The summed E-state index contributed by atoms with van der Waals surface area (Å²) in [6.45, 7) is 0.0448. The minimum Gasteiger partial charge on any atom is -0.481 e. The Morgan fingerprint density at radius 1 is 1.41 bits per heavy atom. The first kappa shape index (κ1) is 16.2. The monoisotopic (exact) mass is 328 g/mol. The summed E-state index contributed by atoms with van der Waals surface area (Å²) in [5.41, 5.74) is 0.